The zero-order valence-corrected chi connectivity index (χ0v) is 59.3. The van der Waals surface area contributed by atoms with Crippen LogP contribution in [-0.2, 0) is 82.9 Å². The lowest BCUT2D eigenvalue weighted by Gasteiger charge is -2.23. The first-order valence-corrected chi connectivity index (χ1v) is 38.0. The van der Waals surface area contributed by atoms with Gasteiger partial charge in [0.15, 0.2) is 40.2 Å². The Labute approximate surface area is 593 Å². The monoisotopic (exact) mass is 1440 g/mol. The van der Waals surface area contributed by atoms with Crippen LogP contribution in [0.5, 0.6) is 11.5 Å². The number of hydrogen-bond acceptors (Lipinski definition) is 22. The minimum atomic E-state index is -3.09. The van der Waals surface area contributed by atoms with Crippen molar-refractivity contribution in [3.63, 3.8) is 0 Å². The number of hydrogen-bond donors (Lipinski definition) is 0. The minimum Gasteiger partial charge on any atom is -0.449 e. The third-order valence-corrected chi connectivity index (χ3v) is 20.4. The van der Waals surface area contributed by atoms with E-state index in [1.807, 2.05) is 133 Å². The molecule has 26 heteroatoms. The van der Waals surface area contributed by atoms with Gasteiger partial charge >= 0.3 is 0 Å². The Bertz CT molecular complexity index is 5250. The fourth-order valence-corrected chi connectivity index (χ4v) is 15.4. The van der Waals surface area contributed by atoms with Crippen LogP contribution >= 0.6 is 34.0 Å². The fraction of sp³-hybridized carbons (Fsp3) is 0.320. The fourth-order valence-electron chi connectivity index (χ4n) is 12.2. The van der Waals surface area contributed by atoms with Gasteiger partial charge in [-0.2, -0.15) is 15.3 Å². The molecule has 16 rings (SSSR count). The maximum Gasteiger partial charge on any atom is 0.275 e. The summed E-state index contributed by atoms with van der Waals surface area (Å²) in [7, 11) is -3.09. The highest BCUT2D eigenvalue weighted by molar-refractivity contribution is 7.89. The van der Waals surface area contributed by atoms with Gasteiger partial charge in [0.2, 0.25) is 5.79 Å². The first kappa shape index (κ1) is 69.0. The van der Waals surface area contributed by atoms with Gasteiger partial charge in [0.25, 0.3) is 16.7 Å². The lowest BCUT2D eigenvalue weighted by molar-refractivity contribution is -0.177. The van der Waals surface area contributed by atoms with Crippen molar-refractivity contribution < 1.29 is 46.3 Å². The van der Waals surface area contributed by atoms with Crippen molar-refractivity contribution in [2.24, 2.45) is 0 Å². The lowest BCUT2D eigenvalue weighted by Crippen LogP contribution is -2.30. The maximum atomic E-state index is 13.2. The third-order valence-electron chi connectivity index (χ3n) is 17.1. The van der Waals surface area contributed by atoms with Crippen molar-refractivity contribution >= 4 is 76.2 Å². The molecule has 0 unspecified atom stereocenters. The summed E-state index contributed by atoms with van der Waals surface area (Å²) >= 11 is 4.49. The summed E-state index contributed by atoms with van der Waals surface area (Å²) in [6.07, 6.45) is 4.27. The molecule has 0 aliphatic carbocycles. The molecule has 6 aromatic heterocycles. The molecule has 12 aromatic rings. The Hall–Kier alpha value is -9.06. The van der Waals surface area contributed by atoms with Crippen LogP contribution < -0.4 is 26.2 Å². The number of aromatic nitrogens is 9. The first-order chi connectivity index (χ1) is 49.0. The number of ether oxygens (including phenoxy) is 8. The Balaban J connectivity index is 0.000000129. The van der Waals surface area contributed by atoms with E-state index in [-0.39, 0.29) is 54.4 Å². The molecule has 0 bridgehead atoms. The summed E-state index contributed by atoms with van der Waals surface area (Å²) in [4.78, 5) is 53.7. The molecule has 4 aliphatic rings. The number of thiazole rings is 3. The Morgan fingerprint density at radius 3 is 1.16 bits per heavy atom. The summed E-state index contributed by atoms with van der Waals surface area (Å²) in [6.45, 7) is 10.7. The van der Waals surface area contributed by atoms with Crippen molar-refractivity contribution in [3.05, 3.63) is 230 Å². The topological polar surface area (TPSA) is 251 Å². The molecule has 0 saturated carbocycles. The summed E-state index contributed by atoms with van der Waals surface area (Å²) in [5.41, 5.74) is 9.25. The van der Waals surface area contributed by atoms with Gasteiger partial charge in [-0.3, -0.25) is 14.4 Å². The molecule has 3 fully saturated rings. The van der Waals surface area contributed by atoms with Gasteiger partial charge in [0.1, 0.15) is 15.0 Å². The van der Waals surface area contributed by atoms with Gasteiger partial charge in [-0.05, 0) is 68.1 Å². The van der Waals surface area contributed by atoms with Crippen molar-refractivity contribution in [1.82, 2.24) is 44.3 Å². The predicted octanol–water partition coefficient (Wildman–Crippen LogP) is 12.0. The van der Waals surface area contributed by atoms with Crippen LogP contribution in [0.3, 0.4) is 0 Å². The van der Waals surface area contributed by atoms with Gasteiger partial charge in [-0.25, -0.2) is 37.4 Å². The van der Waals surface area contributed by atoms with E-state index in [2.05, 4.69) is 36.3 Å². The maximum absolute atomic E-state index is 13.2. The summed E-state index contributed by atoms with van der Waals surface area (Å²) in [5.74, 6) is 0.749. The average Bonchev–Trinajstić information content (AvgIpc) is 0.936. The van der Waals surface area contributed by atoms with E-state index in [4.69, 9.17) is 63.0 Å². The molecule has 10 heterocycles. The minimum absolute atomic E-state index is 0.00537. The van der Waals surface area contributed by atoms with Crippen LogP contribution in [0.15, 0.2) is 170 Å². The second kappa shape index (κ2) is 30.6. The Morgan fingerprint density at radius 2 is 0.782 bits per heavy atom. The van der Waals surface area contributed by atoms with Crippen LogP contribution in [0.1, 0.15) is 76.3 Å². The summed E-state index contributed by atoms with van der Waals surface area (Å²) < 4.78 is 73.5. The third kappa shape index (κ3) is 16.8. The number of rotatable bonds is 17. The molecule has 6 aromatic carbocycles. The van der Waals surface area contributed by atoms with E-state index >= 15 is 0 Å². The Kier molecular flexibility index (Phi) is 20.9. The highest BCUT2D eigenvalue weighted by atomic mass is 32.2. The van der Waals surface area contributed by atoms with E-state index in [0.717, 1.165) is 113 Å². The zero-order valence-electron chi connectivity index (χ0n) is 56.0. The average molecular weight is 1440 g/mol. The Morgan fingerprint density at radius 1 is 0.446 bits per heavy atom. The van der Waals surface area contributed by atoms with Crippen LogP contribution in [0, 0.1) is 6.92 Å². The molecule has 4 aliphatic heterocycles. The molecule has 0 amide bonds. The van der Waals surface area contributed by atoms with Gasteiger partial charge in [-0.15, -0.1) is 34.0 Å². The van der Waals surface area contributed by atoms with E-state index in [0.29, 0.717) is 87.4 Å². The molecule has 0 atom stereocenters. The summed E-state index contributed by atoms with van der Waals surface area (Å²) in [5, 5.41) is 26.8. The molecule has 22 nitrogen and oxygen atoms in total. The SMILES string of the molecule is CC1(C)Oc2ccc(-c3csc(Cn4nc(CC5OCCCO5)c5ccccc5c4=O)n3)cc2O1.CS(=O)(=O)Cc1ccc(-c2csc(Cn3nc(CC4OCCCO4)c4ccccc4c3=O)n2)cc1.Cc1ccc(-c2csc(Cn3nc(CC4OCCCO4)c4ccccc4c3=O)n2)cc1. The second-order valence-corrected chi connectivity index (χ2v) is 30.3. The van der Waals surface area contributed by atoms with Crippen LogP contribution in [0.25, 0.3) is 66.1 Å². The predicted molar refractivity (Wildman–Crippen MR) is 389 cm³/mol. The first-order valence-electron chi connectivity index (χ1n) is 33.3. The van der Waals surface area contributed by atoms with Gasteiger partial charge in [0.05, 0.1) is 115 Å². The largest absolute Gasteiger partial charge is 0.449 e. The van der Waals surface area contributed by atoms with Gasteiger partial charge in [0, 0.05) is 88.4 Å². The highest BCUT2D eigenvalue weighted by Crippen LogP contribution is 2.42. The van der Waals surface area contributed by atoms with Gasteiger partial charge < -0.3 is 37.9 Å². The number of benzene rings is 6. The summed E-state index contributed by atoms with van der Waals surface area (Å²) in [6, 6.07) is 44.0. The molecule has 0 spiro atoms. The number of sulfone groups is 1. The molecular weight excluding hydrogens is 1360 g/mol. The zero-order chi connectivity index (χ0) is 69.6. The van der Waals surface area contributed by atoms with E-state index in [1.54, 1.807) is 12.1 Å². The van der Waals surface area contributed by atoms with Crippen LogP contribution in [0.2, 0.25) is 0 Å². The second-order valence-electron chi connectivity index (χ2n) is 25.3. The van der Waals surface area contributed by atoms with Crippen molar-refractivity contribution in [2.45, 2.75) is 109 Å². The van der Waals surface area contributed by atoms with Crippen molar-refractivity contribution in [2.75, 3.05) is 45.9 Å². The van der Waals surface area contributed by atoms with E-state index in [9.17, 15) is 22.8 Å². The number of aryl methyl sites for hydroxylation is 1. The van der Waals surface area contributed by atoms with Gasteiger partial charge in [-0.1, -0.05) is 109 Å². The number of fused-ring (bicyclic) bond motifs is 4. The van der Waals surface area contributed by atoms with Crippen molar-refractivity contribution in [3.8, 4) is 45.3 Å². The van der Waals surface area contributed by atoms with E-state index in [1.165, 1.54) is 59.9 Å². The standard InChI is InChI=1S/C26H25N3O5S.C25H25N3O5S2.C24H23N3O3S/c1-26(2)33-21-9-8-16(12-22(21)34-26)20-15-35-23(27-20)14-29-25(30)18-7-4-3-6-17(18)19(28-29)13-24-31-10-5-11-32-24;1-35(30,31)16-17-7-9-18(10-8-17)22-15-34-23(26-22)14-28-25(29)20-6-3-2-5-19(20)21(27-28)13-24-32-11-4-12-33-24;1-16-7-9-17(10-8-16)21-15-31-22(25-21)14-27-24(28)19-6-3-2-5-18(19)20(26-27)13-23-29-11-4-12-30-23/h3-4,6-9,12,15,24H,5,10-11,13-14H2,1-2H3;2-3,5-10,15,24H,4,11-14,16H2,1H3;2-3,5-10,15,23H,4,11-14H2,1H3. The smallest absolute Gasteiger partial charge is 0.275 e. The normalized spacial score (nSPS) is 15.7. The quantitative estimate of drug-likeness (QED) is 0.0821. The molecule has 3 saturated heterocycles. The van der Waals surface area contributed by atoms with Crippen LogP contribution in [0.4, 0.5) is 0 Å². The van der Waals surface area contributed by atoms with Crippen molar-refractivity contribution in [1.29, 1.82) is 0 Å². The highest BCUT2D eigenvalue weighted by Gasteiger charge is 2.32. The number of nitrogens with zero attached hydrogens (tertiary/aromatic N) is 9. The molecule has 520 valence electrons. The molecule has 101 heavy (non-hydrogen) atoms. The molecular formula is C75H73N9O13S4. The lowest BCUT2D eigenvalue weighted by atomic mass is 10.1. The van der Waals surface area contributed by atoms with E-state index < -0.39 is 15.6 Å². The van der Waals surface area contributed by atoms with Crippen LogP contribution in [-0.4, -0.2) is 123 Å². The molecule has 0 radical (unpaired) electrons. The molecule has 0 N–H and O–H groups in total.